The van der Waals surface area contributed by atoms with Crippen LogP contribution in [0, 0.1) is 23.0 Å². The Labute approximate surface area is 294 Å². The van der Waals surface area contributed by atoms with Gasteiger partial charge >= 0.3 is 18.2 Å². The third-order valence-electron chi connectivity index (χ3n) is 8.23. The van der Waals surface area contributed by atoms with Gasteiger partial charge in [-0.2, -0.15) is 5.26 Å². The van der Waals surface area contributed by atoms with Crippen molar-refractivity contribution in [3.63, 3.8) is 0 Å². The van der Waals surface area contributed by atoms with Gasteiger partial charge in [-0.25, -0.2) is 33.1 Å². The molecule has 2 aromatic carbocycles. The summed E-state index contributed by atoms with van der Waals surface area (Å²) in [5.74, 6) is -3.77. The van der Waals surface area contributed by atoms with Crippen LogP contribution in [0.3, 0.4) is 0 Å². The highest BCUT2D eigenvalue weighted by Gasteiger charge is 2.45. The largest absolute Gasteiger partial charge is 0.475 e. The van der Waals surface area contributed by atoms with Crippen molar-refractivity contribution in [2.45, 2.75) is 77.7 Å². The molecule has 4 aromatic rings. The maximum atomic E-state index is 16.8. The molecule has 2 aliphatic rings. The van der Waals surface area contributed by atoms with Gasteiger partial charge in [-0.15, -0.1) is 11.3 Å². The molecule has 12 nitrogen and oxygen atoms in total. The van der Waals surface area contributed by atoms with Crippen LogP contribution in [-0.2, 0) is 9.47 Å². The molecule has 2 saturated heterocycles. The molecule has 0 aliphatic carbocycles. The zero-order chi connectivity index (χ0) is 36.4. The lowest BCUT2D eigenvalue weighted by Crippen LogP contribution is -2.57. The minimum atomic E-state index is -1.49. The van der Waals surface area contributed by atoms with E-state index in [1.807, 2.05) is 6.07 Å². The van der Waals surface area contributed by atoms with Crippen molar-refractivity contribution in [1.82, 2.24) is 14.9 Å². The standard InChI is InChI=1S/C34H33ClF2N6O6S/c1-33(2,3)48-31(46)41-29-19(12-38)22-17(9-10-21(36)26(22)50-29)23-20(35)11-18-25(24(23)37)39-27(30(44)45)40-28(18)42-13-15-7-8-16(14-42)43(15)32(47)49-34(4,5)6/h9-11,15-16H,7-8,13-14H2,1-6H3,(H,41,46)(H,44,45). The molecule has 4 heterocycles. The van der Waals surface area contributed by atoms with Crippen LogP contribution in [0.4, 0.5) is 29.2 Å². The average Bonchev–Trinajstić information content (AvgIpc) is 3.49. The van der Waals surface area contributed by atoms with Crippen LogP contribution in [0.2, 0.25) is 5.02 Å². The smallest absolute Gasteiger partial charge is 0.412 e. The molecule has 0 spiro atoms. The number of carbonyl (C=O) groups is 3. The Bertz CT molecular complexity index is 2130. The Hall–Kier alpha value is -4.81. The van der Waals surface area contributed by atoms with E-state index in [1.165, 1.54) is 12.1 Å². The van der Waals surface area contributed by atoms with Crippen molar-refractivity contribution < 1.29 is 37.7 Å². The SMILES string of the molecule is CC(C)(C)OC(=O)Nc1sc2c(F)ccc(-c3c(Cl)cc4c(N5CC6CCC(C5)N6C(=O)OC(C)(C)C)nc(C(=O)O)nc4c3F)c2c1C#N. The number of rotatable bonds is 4. The number of halogens is 3. The van der Waals surface area contributed by atoms with Gasteiger partial charge in [0.1, 0.15) is 39.4 Å². The van der Waals surface area contributed by atoms with Crippen molar-refractivity contribution in [2.75, 3.05) is 23.3 Å². The van der Waals surface area contributed by atoms with Crippen molar-refractivity contribution in [3.8, 4) is 17.2 Å². The van der Waals surface area contributed by atoms with E-state index in [2.05, 4.69) is 15.3 Å². The van der Waals surface area contributed by atoms with E-state index >= 15 is 8.78 Å². The maximum absolute atomic E-state index is 16.8. The fraction of sp³-hybridized carbons (Fsp3) is 0.412. The molecular formula is C34H33ClF2N6O6S. The summed E-state index contributed by atoms with van der Waals surface area (Å²) in [6.45, 7) is 10.9. The molecule has 16 heteroatoms. The van der Waals surface area contributed by atoms with Gasteiger partial charge in [0.25, 0.3) is 0 Å². The van der Waals surface area contributed by atoms with E-state index < -0.39 is 46.8 Å². The molecule has 50 heavy (non-hydrogen) atoms. The molecule has 0 radical (unpaired) electrons. The minimum Gasteiger partial charge on any atom is -0.475 e. The number of hydrogen-bond acceptors (Lipinski definition) is 10. The summed E-state index contributed by atoms with van der Waals surface area (Å²) in [4.78, 5) is 49.7. The van der Waals surface area contributed by atoms with Crippen LogP contribution in [0.15, 0.2) is 18.2 Å². The van der Waals surface area contributed by atoms with Gasteiger partial charge in [-0.1, -0.05) is 17.7 Å². The normalized spacial score (nSPS) is 17.6. The molecule has 262 valence electrons. The second kappa shape index (κ2) is 12.5. The van der Waals surface area contributed by atoms with Crippen molar-refractivity contribution >= 4 is 72.9 Å². The summed E-state index contributed by atoms with van der Waals surface area (Å²) >= 11 is 7.56. The number of fused-ring (bicyclic) bond motifs is 4. The first kappa shape index (κ1) is 35.0. The van der Waals surface area contributed by atoms with E-state index in [-0.39, 0.29) is 78.7 Å². The number of amides is 2. The fourth-order valence-corrected chi connectivity index (χ4v) is 7.79. The number of carboxylic acid groups (broad SMARTS) is 1. The molecular weight excluding hydrogens is 694 g/mol. The lowest BCUT2D eigenvalue weighted by molar-refractivity contribution is 0.0122. The summed E-state index contributed by atoms with van der Waals surface area (Å²) in [6.07, 6.45) is 0.0502. The number of ether oxygens (including phenoxy) is 2. The number of nitrogens with one attached hydrogen (secondary N) is 1. The predicted octanol–water partition coefficient (Wildman–Crippen LogP) is 7.95. The third-order valence-corrected chi connectivity index (χ3v) is 9.64. The topological polar surface area (TPSA) is 158 Å². The predicted molar refractivity (Wildman–Crippen MR) is 184 cm³/mol. The first-order valence-corrected chi connectivity index (χ1v) is 16.9. The Morgan fingerprint density at radius 1 is 1.06 bits per heavy atom. The van der Waals surface area contributed by atoms with Gasteiger partial charge in [0.2, 0.25) is 5.82 Å². The Balaban J connectivity index is 1.47. The van der Waals surface area contributed by atoms with Crippen molar-refractivity contribution in [2.24, 2.45) is 0 Å². The van der Waals surface area contributed by atoms with Crippen LogP contribution in [0.1, 0.15) is 70.6 Å². The van der Waals surface area contributed by atoms with Crippen LogP contribution >= 0.6 is 22.9 Å². The van der Waals surface area contributed by atoms with Crippen LogP contribution < -0.4 is 10.2 Å². The fourth-order valence-electron chi connectivity index (χ4n) is 6.42. The number of hydrogen-bond donors (Lipinski definition) is 2. The van der Waals surface area contributed by atoms with Gasteiger partial charge < -0.3 is 19.5 Å². The van der Waals surface area contributed by atoms with Gasteiger partial charge in [-0.3, -0.25) is 10.2 Å². The van der Waals surface area contributed by atoms with Crippen molar-refractivity contribution in [3.05, 3.63) is 46.2 Å². The first-order chi connectivity index (χ1) is 23.4. The number of carboxylic acids is 1. The number of aromatic carboxylic acids is 1. The summed E-state index contributed by atoms with van der Waals surface area (Å²) in [5, 5.41) is 22.5. The number of aromatic nitrogens is 2. The molecule has 2 unspecified atom stereocenters. The molecule has 2 N–H and O–H groups in total. The highest BCUT2D eigenvalue weighted by Crippen LogP contribution is 2.47. The summed E-state index contributed by atoms with van der Waals surface area (Å²) in [7, 11) is 0. The molecule has 6 rings (SSSR count). The Morgan fingerprint density at radius 3 is 2.28 bits per heavy atom. The zero-order valence-electron chi connectivity index (χ0n) is 28.0. The van der Waals surface area contributed by atoms with Gasteiger partial charge in [0, 0.05) is 29.4 Å². The molecule has 2 fully saturated rings. The Kier molecular flexibility index (Phi) is 8.76. The molecule has 2 bridgehead atoms. The second-order valence-electron chi connectivity index (χ2n) is 14.1. The molecule has 2 amide bonds. The minimum absolute atomic E-state index is 0.00807. The lowest BCUT2D eigenvalue weighted by atomic mass is 9.97. The first-order valence-electron chi connectivity index (χ1n) is 15.7. The quantitative estimate of drug-likeness (QED) is 0.211. The molecule has 2 aliphatic heterocycles. The monoisotopic (exact) mass is 726 g/mol. The highest BCUT2D eigenvalue weighted by molar-refractivity contribution is 7.23. The lowest BCUT2D eigenvalue weighted by Gasteiger charge is -2.42. The van der Waals surface area contributed by atoms with E-state index in [0.717, 1.165) is 17.4 Å². The van der Waals surface area contributed by atoms with Crippen LogP contribution in [-0.4, -0.2) is 74.5 Å². The summed E-state index contributed by atoms with van der Waals surface area (Å²) < 4.78 is 42.9. The Morgan fingerprint density at radius 2 is 1.70 bits per heavy atom. The number of benzene rings is 2. The zero-order valence-corrected chi connectivity index (χ0v) is 29.6. The van der Waals surface area contributed by atoms with E-state index in [9.17, 15) is 24.8 Å². The van der Waals surface area contributed by atoms with Crippen LogP contribution in [0.25, 0.3) is 32.1 Å². The van der Waals surface area contributed by atoms with Gasteiger partial charge in [0.15, 0.2) is 5.82 Å². The summed E-state index contributed by atoms with van der Waals surface area (Å²) in [5.41, 5.74) is -2.27. The summed E-state index contributed by atoms with van der Waals surface area (Å²) in [6, 6.07) is 5.20. The van der Waals surface area contributed by atoms with E-state index in [0.29, 0.717) is 12.8 Å². The average molecular weight is 727 g/mol. The molecule has 2 atom stereocenters. The second-order valence-corrected chi connectivity index (χ2v) is 15.6. The number of piperazine rings is 1. The number of anilines is 2. The van der Waals surface area contributed by atoms with Crippen LogP contribution in [0.5, 0.6) is 0 Å². The number of nitriles is 1. The van der Waals surface area contributed by atoms with Crippen molar-refractivity contribution in [1.29, 1.82) is 5.26 Å². The van der Waals surface area contributed by atoms with E-state index in [4.69, 9.17) is 21.1 Å². The van der Waals surface area contributed by atoms with Gasteiger partial charge in [-0.05, 0) is 72.1 Å². The molecule has 2 aromatic heterocycles. The highest BCUT2D eigenvalue weighted by atomic mass is 35.5. The van der Waals surface area contributed by atoms with Gasteiger partial charge in [0.05, 0.1) is 27.4 Å². The number of carbonyl (C=O) groups excluding carboxylic acids is 2. The number of thiophene rings is 1. The molecule has 0 saturated carbocycles. The third kappa shape index (κ3) is 6.45. The number of nitrogens with zero attached hydrogens (tertiary/aromatic N) is 5. The van der Waals surface area contributed by atoms with E-state index in [1.54, 1.807) is 51.3 Å². The maximum Gasteiger partial charge on any atom is 0.412 e.